The molecule has 0 radical (unpaired) electrons. The first-order chi connectivity index (χ1) is 8.66. The molecule has 3 aromatic rings. The molecule has 2 aromatic carbocycles. The summed E-state index contributed by atoms with van der Waals surface area (Å²) in [6.07, 6.45) is 0. The van der Waals surface area contributed by atoms with Gasteiger partial charge in [-0.2, -0.15) is 0 Å². The summed E-state index contributed by atoms with van der Waals surface area (Å²) in [7, 11) is 0. The highest BCUT2D eigenvalue weighted by Gasteiger charge is 2.12. The summed E-state index contributed by atoms with van der Waals surface area (Å²) in [5, 5.41) is 11.9. The van der Waals surface area contributed by atoms with Gasteiger partial charge in [0.1, 0.15) is 4.60 Å². The largest absolute Gasteiger partial charge is 0.478 e. The van der Waals surface area contributed by atoms with Crippen LogP contribution in [0.15, 0.2) is 47.1 Å². The summed E-state index contributed by atoms with van der Waals surface area (Å²) in [6.45, 7) is 0. The molecule has 0 saturated heterocycles. The topological polar surface area (TPSA) is 50.2 Å². The molecule has 0 fully saturated rings. The number of nitrogens with zero attached hydrogens (tertiary/aromatic N) is 1. The second-order valence-corrected chi connectivity index (χ2v) is 4.79. The maximum atomic E-state index is 11.3. The quantitative estimate of drug-likeness (QED) is 0.548. The zero-order chi connectivity index (χ0) is 12.7. The third-order valence-electron chi connectivity index (χ3n) is 2.90. The Labute approximate surface area is 111 Å². The summed E-state index contributed by atoms with van der Waals surface area (Å²) in [5.74, 6) is -0.946. The second-order valence-electron chi connectivity index (χ2n) is 3.98. The number of benzene rings is 2. The number of aromatic carboxylic acids is 1. The summed E-state index contributed by atoms with van der Waals surface area (Å²) >= 11 is 3.26. The van der Waals surface area contributed by atoms with Crippen LogP contribution in [0.25, 0.3) is 21.7 Å². The number of rotatable bonds is 1. The van der Waals surface area contributed by atoms with Crippen molar-refractivity contribution in [2.24, 2.45) is 0 Å². The van der Waals surface area contributed by atoms with Gasteiger partial charge in [0.05, 0.1) is 11.1 Å². The van der Waals surface area contributed by atoms with Gasteiger partial charge in [-0.15, -0.1) is 0 Å². The highest BCUT2D eigenvalue weighted by atomic mass is 79.9. The minimum absolute atomic E-state index is 0.262. The van der Waals surface area contributed by atoms with Crippen molar-refractivity contribution in [3.63, 3.8) is 0 Å². The molecule has 3 rings (SSSR count). The number of carboxylic acids is 1. The SMILES string of the molecule is O=C(O)c1cc(Br)nc2c1ccc1ccccc12. The Hall–Kier alpha value is -1.94. The van der Waals surface area contributed by atoms with E-state index >= 15 is 0 Å². The van der Waals surface area contributed by atoms with Gasteiger partial charge in [0.25, 0.3) is 0 Å². The molecule has 0 saturated carbocycles. The van der Waals surface area contributed by atoms with Crippen molar-refractivity contribution >= 4 is 43.6 Å². The van der Waals surface area contributed by atoms with Crippen LogP contribution < -0.4 is 0 Å². The van der Waals surface area contributed by atoms with E-state index in [0.29, 0.717) is 15.5 Å². The Bertz CT molecular complexity index is 783. The normalized spacial score (nSPS) is 10.9. The van der Waals surface area contributed by atoms with Gasteiger partial charge in [-0.25, -0.2) is 9.78 Å². The van der Waals surface area contributed by atoms with Crippen LogP contribution in [0.4, 0.5) is 0 Å². The second kappa shape index (κ2) is 4.07. The van der Waals surface area contributed by atoms with Crippen LogP contribution >= 0.6 is 15.9 Å². The standard InChI is InChI=1S/C14H8BrNO2/c15-12-7-11(14(17)18)10-6-5-8-3-1-2-4-9(8)13(10)16-12/h1-7H,(H,17,18). The summed E-state index contributed by atoms with van der Waals surface area (Å²) in [5.41, 5.74) is 0.970. The predicted molar refractivity (Wildman–Crippen MR) is 73.9 cm³/mol. The Kier molecular flexibility index (Phi) is 2.52. The van der Waals surface area contributed by atoms with Gasteiger partial charge < -0.3 is 5.11 Å². The van der Waals surface area contributed by atoms with E-state index in [9.17, 15) is 9.90 Å². The molecule has 18 heavy (non-hydrogen) atoms. The Morgan fingerprint density at radius 2 is 1.89 bits per heavy atom. The van der Waals surface area contributed by atoms with Crippen molar-refractivity contribution in [2.45, 2.75) is 0 Å². The van der Waals surface area contributed by atoms with Crippen LogP contribution in [0.5, 0.6) is 0 Å². The molecular formula is C14H8BrNO2. The van der Waals surface area contributed by atoms with E-state index in [0.717, 1.165) is 10.8 Å². The van der Waals surface area contributed by atoms with Crippen LogP contribution in [0.2, 0.25) is 0 Å². The lowest BCUT2D eigenvalue weighted by Gasteiger charge is -2.06. The van der Waals surface area contributed by atoms with Crippen LogP contribution in [0.1, 0.15) is 10.4 Å². The molecule has 0 aliphatic heterocycles. The number of aromatic nitrogens is 1. The van der Waals surface area contributed by atoms with Crippen molar-refractivity contribution in [3.8, 4) is 0 Å². The molecule has 1 N–H and O–H groups in total. The average Bonchev–Trinajstić information content (AvgIpc) is 2.37. The maximum absolute atomic E-state index is 11.3. The zero-order valence-corrected chi connectivity index (χ0v) is 10.8. The predicted octanol–water partition coefficient (Wildman–Crippen LogP) is 3.85. The average molecular weight is 302 g/mol. The summed E-state index contributed by atoms with van der Waals surface area (Å²) < 4.78 is 0.531. The number of fused-ring (bicyclic) bond motifs is 3. The molecule has 0 spiro atoms. The molecule has 1 heterocycles. The summed E-state index contributed by atoms with van der Waals surface area (Å²) in [4.78, 5) is 15.7. The van der Waals surface area contributed by atoms with Gasteiger partial charge in [0.15, 0.2) is 0 Å². The number of carbonyl (C=O) groups is 1. The van der Waals surface area contributed by atoms with E-state index in [1.165, 1.54) is 6.07 Å². The molecule has 1 aromatic heterocycles. The first-order valence-electron chi connectivity index (χ1n) is 5.38. The first kappa shape index (κ1) is 11.2. The fourth-order valence-electron chi connectivity index (χ4n) is 2.11. The number of hydrogen-bond acceptors (Lipinski definition) is 2. The fraction of sp³-hybridized carbons (Fsp3) is 0. The lowest BCUT2D eigenvalue weighted by atomic mass is 10.0. The molecule has 88 valence electrons. The van der Waals surface area contributed by atoms with E-state index in [1.807, 2.05) is 30.3 Å². The third kappa shape index (κ3) is 1.66. The molecule has 4 heteroatoms. The van der Waals surface area contributed by atoms with Crippen molar-refractivity contribution < 1.29 is 9.90 Å². The number of halogens is 1. The highest BCUT2D eigenvalue weighted by molar-refractivity contribution is 9.10. The Balaban J connectivity index is 2.55. The smallest absolute Gasteiger partial charge is 0.336 e. The summed E-state index contributed by atoms with van der Waals surface area (Å²) in [6, 6.07) is 13.1. The minimum atomic E-state index is -0.946. The number of hydrogen-bond donors (Lipinski definition) is 1. The minimum Gasteiger partial charge on any atom is -0.478 e. The van der Waals surface area contributed by atoms with E-state index in [2.05, 4.69) is 20.9 Å². The fourth-order valence-corrected chi connectivity index (χ4v) is 2.51. The molecule has 0 atom stereocenters. The van der Waals surface area contributed by atoms with Gasteiger partial charge in [-0.1, -0.05) is 36.4 Å². The molecule has 3 nitrogen and oxygen atoms in total. The van der Waals surface area contributed by atoms with Crippen molar-refractivity contribution in [1.82, 2.24) is 4.98 Å². The van der Waals surface area contributed by atoms with Crippen LogP contribution in [0.3, 0.4) is 0 Å². The molecular weight excluding hydrogens is 294 g/mol. The van der Waals surface area contributed by atoms with Gasteiger partial charge in [0, 0.05) is 10.8 Å². The van der Waals surface area contributed by atoms with Crippen LogP contribution in [0, 0.1) is 0 Å². The first-order valence-corrected chi connectivity index (χ1v) is 6.17. The zero-order valence-electron chi connectivity index (χ0n) is 9.22. The molecule has 0 unspecified atom stereocenters. The van der Waals surface area contributed by atoms with Gasteiger partial charge in [0.2, 0.25) is 0 Å². The van der Waals surface area contributed by atoms with Crippen molar-refractivity contribution in [2.75, 3.05) is 0 Å². The Morgan fingerprint density at radius 1 is 1.11 bits per heavy atom. The highest BCUT2D eigenvalue weighted by Crippen LogP contribution is 2.28. The van der Waals surface area contributed by atoms with Crippen LogP contribution in [-0.4, -0.2) is 16.1 Å². The number of carboxylic acid groups (broad SMARTS) is 1. The van der Waals surface area contributed by atoms with Crippen molar-refractivity contribution in [1.29, 1.82) is 0 Å². The lowest BCUT2D eigenvalue weighted by molar-refractivity contribution is 0.0699. The van der Waals surface area contributed by atoms with Gasteiger partial charge >= 0.3 is 5.97 Å². The van der Waals surface area contributed by atoms with Gasteiger partial charge in [-0.3, -0.25) is 0 Å². The van der Waals surface area contributed by atoms with E-state index in [4.69, 9.17) is 0 Å². The molecule has 0 aliphatic rings. The maximum Gasteiger partial charge on any atom is 0.336 e. The molecule has 0 bridgehead atoms. The van der Waals surface area contributed by atoms with Crippen molar-refractivity contribution in [3.05, 3.63) is 52.6 Å². The Morgan fingerprint density at radius 3 is 2.67 bits per heavy atom. The van der Waals surface area contributed by atoms with E-state index in [1.54, 1.807) is 6.07 Å². The van der Waals surface area contributed by atoms with E-state index < -0.39 is 5.97 Å². The lowest BCUT2D eigenvalue weighted by Crippen LogP contribution is -1.99. The van der Waals surface area contributed by atoms with E-state index in [-0.39, 0.29) is 5.56 Å². The third-order valence-corrected chi connectivity index (χ3v) is 3.31. The molecule has 0 aliphatic carbocycles. The monoisotopic (exact) mass is 301 g/mol. The molecule has 0 amide bonds. The van der Waals surface area contributed by atoms with Crippen LogP contribution in [-0.2, 0) is 0 Å². The van der Waals surface area contributed by atoms with Gasteiger partial charge in [-0.05, 0) is 27.4 Å². The number of pyridine rings is 1.